The van der Waals surface area contributed by atoms with Gasteiger partial charge in [0.2, 0.25) is 5.91 Å². The van der Waals surface area contributed by atoms with Gasteiger partial charge in [0.15, 0.2) is 0 Å². The third-order valence-electron chi connectivity index (χ3n) is 4.83. The van der Waals surface area contributed by atoms with Gasteiger partial charge in [0.25, 0.3) is 0 Å². The highest BCUT2D eigenvalue weighted by molar-refractivity contribution is 5.92. The Kier molecular flexibility index (Phi) is 2.90. The first-order valence-corrected chi connectivity index (χ1v) is 7.22. The van der Waals surface area contributed by atoms with Crippen LogP contribution in [-0.4, -0.2) is 41.8 Å². The lowest BCUT2D eigenvalue weighted by Crippen LogP contribution is -2.50. The summed E-state index contributed by atoms with van der Waals surface area (Å²) in [7, 11) is 1.77. The Morgan fingerprint density at radius 2 is 2.11 bits per heavy atom. The van der Waals surface area contributed by atoms with E-state index in [1.165, 1.54) is 6.42 Å². The zero-order chi connectivity index (χ0) is 12.9. The van der Waals surface area contributed by atoms with Gasteiger partial charge in [-0.15, -0.1) is 0 Å². The lowest BCUT2D eigenvalue weighted by molar-refractivity contribution is -0.136. The van der Waals surface area contributed by atoms with Crippen molar-refractivity contribution in [2.75, 3.05) is 7.11 Å². The molecule has 0 bridgehead atoms. The molecule has 0 aromatic rings. The predicted molar refractivity (Wildman–Crippen MR) is 69.0 cm³/mol. The van der Waals surface area contributed by atoms with Gasteiger partial charge in [-0.05, 0) is 38.0 Å². The van der Waals surface area contributed by atoms with Crippen LogP contribution in [-0.2, 0) is 9.53 Å². The summed E-state index contributed by atoms with van der Waals surface area (Å²) >= 11 is 0. The first-order chi connectivity index (χ1) is 8.59. The number of rotatable bonds is 3. The Morgan fingerprint density at radius 1 is 1.39 bits per heavy atom. The highest BCUT2D eigenvalue weighted by atomic mass is 16.5. The molecule has 1 aliphatic heterocycles. The van der Waals surface area contributed by atoms with Crippen molar-refractivity contribution in [3.8, 4) is 0 Å². The van der Waals surface area contributed by atoms with Crippen molar-refractivity contribution >= 4 is 5.91 Å². The molecule has 3 rings (SSSR count). The van der Waals surface area contributed by atoms with Gasteiger partial charge >= 0.3 is 0 Å². The minimum atomic E-state index is -0.199. The number of hydrogen-bond acceptors (Lipinski definition) is 3. The number of carbonyl (C=O) groups is 1. The monoisotopic (exact) mass is 252 g/mol. The lowest BCUT2D eigenvalue weighted by Gasteiger charge is -2.35. The minimum Gasteiger partial charge on any atom is -0.379 e. The molecule has 1 heterocycles. The number of nitrogens with zero attached hydrogens (tertiary/aromatic N) is 1. The molecular weight excluding hydrogens is 228 g/mol. The molecule has 3 atom stereocenters. The summed E-state index contributed by atoms with van der Waals surface area (Å²) < 4.78 is 5.58. The SMILES string of the molecule is COC1CCCC1N1C(=O)C2(CC2)NC1C(C)C. The topological polar surface area (TPSA) is 41.6 Å². The number of carbonyl (C=O) groups excluding carboxylic acids is 1. The molecule has 0 aromatic heterocycles. The van der Waals surface area contributed by atoms with Crippen molar-refractivity contribution in [2.24, 2.45) is 5.92 Å². The maximum Gasteiger partial charge on any atom is 0.244 e. The van der Waals surface area contributed by atoms with Crippen LogP contribution in [0.3, 0.4) is 0 Å². The van der Waals surface area contributed by atoms with Crippen LogP contribution in [0.2, 0.25) is 0 Å². The molecule has 3 aliphatic rings. The van der Waals surface area contributed by atoms with Crippen LogP contribution in [0.15, 0.2) is 0 Å². The van der Waals surface area contributed by atoms with E-state index in [0.717, 1.165) is 25.7 Å². The smallest absolute Gasteiger partial charge is 0.244 e. The summed E-state index contributed by atoms with van der Waals surface area (Å²) in [5, 5.41) is 3.58. The quantitative estimate of drug-likeness (QED) is 0.827. The van der Waals surface area contributed by atoms with Gasteiger partial charge in [-0.25, -0.2) is 0 Å². The van der Waals surface area contributed by atoms with Gasteiger partial charge in [0, 0.05) is 7.11 Å². The summed E-state index contributed by atoms with van der Waals surface area (Å²) in [5.74, 6) is 0.780. The molecule has 0 radical (unpaired) electrons. The Balaban J connectivity index is 1.85. The number of ether oxygens (including phenoxy) is 1. The third-order valence-corrected chi connectivity index (χ3v) is 4.83. The van der Waals surface area contributed by atoms with E-state index in [4.69, 9.17) is 4.74 Å². The van der Waals surface area contributed by atoms with Gasteiger partial charge in [-0.2, -0.15) is 0 Å². The maximum absolute atomic E-state index is 12.7. The lowest BCUT2D eigenvalue weighted by atomic mass is 10.1. The van der Waals surface area contributed by atoms with Crippen LogP contribution in [0, 0.1) is 5.92 Å². The molecule has 2 saturated carbocycles. The normalized spacial score (nSPS) is 38.1. The zero-order valence-electron chi connectivity index (χ0n) is 11.6. The van der Waals surface area contributed by atoms with Crippen molar-refractivity contribution in [1.82, 2.24) is 10.2 Å². The maximum atomic E-state index is 12.7. The van der Waals surface area contributed by atoms with E-state index in [9.17, 15) is 4.79 Å². The van der Waals surface area contributed by atoms with E-state index in [1.807, 2.05) is 0 Å². The van der Waals surface area contributed by atoms with Gasteiger partial charge in [-0.1, -0.05) is 13.8 Å². The number of hydrogen-bond donors (Lipinski definition) is 1. The zero-order valence-corrected chi connectivity index (χ0v) is 11.6. The van der Waals surface area contributed by atoms with E-state index in [2.05, 4.69) is 24.1 Å². The average Bonchev–Trinajstić information content (AvgIpc) is 2.87. The van der Waals surface area contributed by atoms with Gasteiger partial charge in [0.05, 0.1) is 23.9 Å². The second-order valence-corrected chi connectivity index (χ2v) is 6.40. The molecular formula is C14H24N2O2. The number of methoxy groups -OCH3 is 1. The molecule has 1 amide bonds. The van der Waals surface area contributed by atoms with E-state index in [1.54, 1.807) is 7.11 Å². The fraction of sp³-hybridized carbons (Fsp3) is 0.929. The second-order valence-electron chi connectivity index (χ2n) is 6.40. The standard InChI is InChI=1S/C14H24N2O2/c1-9(2)12-15-14(7-8-14)13(17)16(12)10-5-4-6-11(10)18-3/h9-12,15H,4-8H2,1-3H3. The average molecular weight is 252 g/mol. The summed E-state index contributed by atoms with van der Waals surface area (Å²) in [6, 6.07) is 0.280. The fourth-order valence-electron chi connectivity index (χ4n) is 3.62. The molecule has 4 nitrogen and oxygen atoms in total. The Hall–Kier alpha value is -0.610. The molecule has 2 aliphatic carbocycles. The first kappa shape index (κ1) is 12.4. The molecule has 1 saturated heterocycles. The van der Waals surface area contributed by atoms with E-state index in [-0.39, 0.29) is 23.9 Å². The minimum absolute atomic E-state index is 0.195. The Labute approximate surface area is 109 Å². The summed E-state index contributed by atoms with van der Waals surface area (Å²) in [5.41, 5.74) is -0.199. The van der Waals surface area contributed by atoms with Crippen LogP contribution in [0.4, 0.5) is 0 Å². The van der Waals surface area contributed by atoms with Crippen LogP contribution in [0.5, 0.6) is 0 Å². The largest absolute Gasteiger partial charge is 0.379 e. The van der Waals surface area contributed by atoms with Gasteiger partial charge in [-0.3, -0.25) is 10.1 Å². The summed E-state index contributed by atoms with van der Waals surface area (Å²) in [4.78, 5) is 14.8. The third kappa shape index (κ3) is 1.69. The van der Waals surface area contributed by atoms with Crippen molar-refractivity contribution in [1.29, 1.82) is 0 Å². The van der Waals surface area contributed by atoms with Crippen molar-refractivity contribution in [3.63, 3.8) is 0 Å². The number of nitrogens with one attached hydrogen (secondary N) is 1. The van der Waals surface area contributed by atoms with Crippen LogP contribution < -0.4 is 5.32 Å². The van der Waals surface area contributed by atoms with E-state index < -0.39 is 0 Å². The van der Waals surface area contributed by atoms with Crippen LogP contribution in [0.25, 0.3) is 0 Å². The highest BCUT2D eigenvalue weighted by Crippen LogP contribution is 2.45. The molecule has 102 valence electrons. The summed E-state index contributed by atoms with van der Waals surface area (Å²) in [6.07, 6.45) is 5.79. The highest BCUT2D eigenvalue weighted by Gasteiger charge is 2.61. The molecule has 1 N–H and O–H groups in total. The van der Waals surface area contributed by atoms with Crippen LogP contribution in [0.1, 0.15) is 46.0 Å². The second kappa shape index (κ2) is 4.20. The van der Waals surface area contributed by atoms with Crippen molar-refractivity contribution in [3.05, 3.63) is 0 Å². The Bertz CT molecular complexity index is 352. The molecule has 0 aromatic carbocycles. The molecule has 18 heavy (non-hydrogen) atoms. The molecule has 1 spiro atoms. The molecule has 4 heteroatoms. The fourth-order valence-corrected chi connectivity index (χ4v) is 3.62. The predicted octanol–water partition coefficient (Wildman–Crippen LogP) is 1.50. The summed E-state index contributed by atoms with van der Waals surface area (Å²) in [6.45, 7) is 4.38. The van der Waals surface area contributed by atoms with E-state index >= 15 is 0 Å². The van der Waals surface area contributed by atoms with Crippen molar-refractivity contribution < 1.29 is 9.53 Å². The first-order valence-electron chi connectivity index (χ1n) is 7.22. The van der Waals surface area contributed by atoms with Crippen LogP contribution >= 0.6 is 0 Å². The van der Waals surface area contributed by atoms with E-state index in [0.29, 0.717) is 11.8 Å². The molecule has 3 unspecified atom stereocenters. The number of amides is 1. The molecule has 3 fully saturated rings. The van der Waals surface area contributed by atoms with Gasteiger partial charge < -0.3 is 9.64 Å². The van der Waals surface area contributed by atoms with Gasteiger partial charge in [0.1, 0.15) is 0 Å². The van der Waals surface area contributed by atoms with Crippen molar-refractivity contribution in [2.45, 2.75) is 69.8 Å². The Morgan fingerprint density at radius 3 is 2.67 bits per heavy atom.